The van der Waals surface area contributed by atoms with E-state index in [-0.39, 0.29) is 30.2 Å². The zero-order valence-electron chi connectivity index (χ0n) is 14.7. The van der Waals surface area contributed by atoms with Crippen LogP contribution in [0.15, 0.2) is 36.4 Å². The fraction of sp³-hybridized carbons (Fsp3) is 0.263. The van der Waals surface area contributed by atoms with Crippen LogP contribution >= 0.6 is 0 Å². The molecule has 2 aromatic rings. The third-order valence-electron chi connectivity index (χ3n) is 4.16. The van der Waals surface area contributed by atoms with E-state index in [1.54, 1.807) is 0 Å². The third kappa shape index (κ3) is 4.36. The first-order valence-corrected chi connectivity index (χ1v) is 8.25. The molecule has 3 rings (SSSR count). The van der Waals surface area contributed by atoms with Crippen LogP contribution < -0.4 is 14.8 Å². The molecule has 1 aliphatic rings. The van der Waals surface area contributed by atoms with Crippen molar-refractivity contribution >= 4 is 17.6 Å². The second kappa shape index (κ2) is 8.20. The highest BCUT2D eigenvalue weighted by atomic mass is 19.3. The Balaban J connectivity index is 1.72. The number of anilines is 1. The zero-order valence-corrected chi connectivity index (χ0v) is 14.7. The van der Waals surface area contributed by atoms with Gasteiger partial charge >= 0.3 is 12.6 Å². The minimum absolute atomic E-state index is 0.0618. The van der Waals surface area contributed by atoms with Crippen molar-refractivity contribution in [1.29, 1.82) is 0 Å². The summed E-state index contributed by atoms with van der Waals surface area (Å²) in [5, 5.41) is 2.52. The number of fused-ring (bicyclic) bond motifs is 1. The summed E-state index contributed by atoms with van der Waals surface area (Å²) in [5.41, 5.74) is 1.17. The molecule has 0 aliphatic carbocycles. The predicted octanol–water partition coefficient (Wildman–Crippen LogP) is 3.60. The van der Waals surface area contributed by atoms with Gasteiger partial charge in [-0.05, 0) is 35.4 Å². The lowest BCUT2D eigenvalue weighted by Crippen LogP contribution is -2.28. The molecule has 1 aliphatic heterocycles. The molecule has 28 heavy (non-hydrogen) atoms. The minimum atomic E-state index is -3.00. The fourth-order valence-corrected chi connectivity index (χ4v) is 2.90. The first-order valence-electron chi connectivity index (χ1n) is 8.25. The molecule has 0 saturated heterocycles. The van der Waals surface area contributed by atoms with Gasteiger partial charge in [0.15, 0.2) is 11.5 Å². The average molecular weight is 395 g/mol. The molecule has 1 unspecified atom stereocenters. The van der Waals surface area contributed by atoms with Gasteiger partial charge in [-0.15, -0.1) is 0 Å². The Labute approximate surface area is 158 Å². The minimum Gasteiger partial charge on any atom is -0.493 e. The SMILES string of the molecule is COc1cc(COC(=O)C2CC(=O)Nc3cc(F)ccc32)ccc1OC(F)F. The molecular formula is C19H16F3NO5. The van der Waals surface area contributed by atoms with Crippen molar-refractivity contribution in [2.45, 2.75) is 25.6 Å². The van der Waals surface area contributed by atoms with Crippen LogP contribution in [0.2, 0.25) is 0 Å². The first-order chi connectivity index (χ1) is 13.4. The van der Waals surface area contributed by atoms with Crippen molar-refractivity contribution in [2.75, 3.05) is 12.4 Å². The number of ether oxygens (including phenoxy) is 3. The molecule has 6 nitrogen and oxygen atoms in total. The smallest absolute Gasteiger partial charge is 0.387 e. The Bertz CT molecular complexity index is 903. The van der Waals surface area contributed by atoms with Gasteiger partial charge in [-0.1, -0.05) is 12.1 Å². The van der Waals surface area contributed by atoms with Crippen molar-refractivity contribution in [3.63, 3.8) is 0 Å². The highest BCUT2D eigenvalue weighted by molar-refractivity contribution is 5.99. The van der Waals surface area contributed by atoms with Gasteiger partial charge in [0.2, 0.25) is 5.91 Å². The molecule has 9 heteroatoms. The molecule has 1 N–H and O–H groups in total. The molecule has 0 spiro atoms. The summed E-state index contributed by atoms with van der Waals surface area (Å²) in [5.74, 6) is -2.57. The van der Waals surface area contributed by atoms with Gasteiger partial charge in [-0.25, -0.2) is 4.39 Å². The number of hydrogen-bond donors (Lipinski definition) is 1. The van der Waals surface area contributed by atoms with Crippen molar-refractivity contribution < 1.29 is 37.0 Å². The maximum absolute atomic E-state index is 13.4. The lowest BCUT2D eigenvalue weighted by Gasteiger charge is -2.24. The highest BCUT2D eigenvalue weighted by Crippen LogP contribution is 2.34. The maximum atomic E-state index is 13.4. The van der Waals surface area contributed by atoms with Crippen LogP contribution in [0.3, 0.4) is 0 Å². The molecular weight excluding hydrogens is 379 g/mol. The molecule has 0 aromatic heterocycles. The number of benzene rings is 2. The molecule has 1 amide bonds. The molecule has 0 bridgehead atoms. The summed E-state index contributed by atoms with van der Waals surface area (Å²) >= 11 is 0. The van der Waals surface area contributed by atoms with E-state index in [1.165, 1.54) is 37.4 Å². The van der Waals surface area contributed by atoms with Gasteiger partial charge in [-0.2, -0.15) is 8.78 Å². The lowest BCUT2D eigenvalue weighted by atomic mass is 9.90. The standard InChI is InChI=1S/C19H16F3NO5/c1-26-16-6-10(2-5-15(16)28-19(21)22)9-27-18(25)13-8-17(24)23-14-7-11(20)3-4-12(13)14/h2-7,13,19H,8-9H2,1H3,(H,23,24). The van der Waals surface area contributed by atoms with Gasteiger partial charge in [0, 0.05) is 12.1 Å². The van der Waals surface area contributed by atoms with E-state index < -0.39 is 30.2 Å². The number of hydrogen-bond acceptors (Lipinski definition) is 5. The normalized spacial score (nSPS) is 15.6. The fourth-order valence-electron chi connectivity index (χ4n) is 2.90. The van der Waals surface area contributed by atoms with Crippen molar-refractivity contribution in [3.05, 3.63) is 53.3 Å². The van der Waals surface area contributed by atoms with E-state index in [4.69, 9.17) is 9.47 Å². The third-order valence-corrected chi connectivity index (χ3v) is 4.16. The number of carbonyl (C=O) groups excluding carboxylic acids is 2. The molecule has 1 heterocycles. The van der Waals surface area contributed by atoms with Crippen LogP contribution in [0.5, 0.6) is 11.5 Å². The zero-order chi connectivity index (χ0) is 20.3. The second-order valence-electron chi connectivity index (χ2n) is 6.01. The molecule has 1 atom stereocenters. The summed E-state index contributed by atoms with van der Waals surface area (Å²) in [6.07, 6.45) is -0.123. The number of rotatable bonds is 6. The van der Waals surface area contributed by atoms with Crippen molar-refractivity contribution in [2.24, 2.45) is 0 Å². The number of halogens is 3. The van der Waals surface area contributed by atoms with E-state index in [0.29, 0.717) is 11.1 Å². The maximum Gasteiger partial charge on any atom is 0.387 e. The predicted molar refractivity (Wildman–Crippen MR) is 91.8 cm³/mol. The van der Waals surface area contributed by atoms with E-state index in [9.17, 15) is 22.8 Å². The van der Waals surface area contributed by atoms with E-state index in [0.717, 1.165) is 6.07 Å². The summed E-state index contributed by atoms with van der Waals surface area (Å²) < 4.78 is 52.7. The van der Waals surface area contributed by atoms with E-state index in [2.05, 4.69) is 10.1 Å². The van der Waals surface area contributed by atoms with E-state index in [1.807, 2.05) is 0 Å². The van der Waals surface area contributed by atoms with Gasteiger partial charge < -0.3 is 19.5 Å². The van der Waals surface area contributed by atoms with Crippen LogP contribution in [0, 0.1) is 5.82 Å². The van der Waals surface area contributed by atoms with Crippen LogP contribution in [-0.2, 0) is 20.9 Å². The van der Waals surface area contributed by atoms with Gasteiger partial charge in [0.1, 0.15) is 12.4 Å². The second-order valence-corrected chi connectivity index (χ2v) is 6.01. The summed E-state index contributed by atoms with van der Waals surface area (Å²) in [6, 6.07) is 7.89. The Morgan fingerprint density at radius 3 is 2.71 bits per heavy atom. The molecule has 148 valence electrons. The Morgan fingerprint density at radius 2 is 2.00 bits per heavy atom. The summed E-state index contributed by atoms with van der Waals surface area (Å²) in [4.78, 5) is 24.3. The van der Waals surface area contributed by atoms with Crippen LogP contribution in [0.25, 0.3) is 0 Å². The molecule has 2 aromatic carbocycles. The number of alkyl halides is 2. The Morgan fingerprint density at radius 1 is 1.21 bits per heavy atom. The topological polar surface area (TPSA) is 73.9 Å². The number of carbonyl (C=O) groups is 2. The number of methoxy groups -OCH3 is 1. The van der Waals surface area contributed by atoms with Crippen molar-refractivity contribution in [1.82, 2.24) is 0 Å². The van der Waals surface area contributed by atoms with Gasteiger partial charge in [0.25, 0.3) is 0 Å². The van der Waals surface area contributed by atoms with Gasteiger partial charge in [-0.3, -0.25) is 9.59 Å². The van der Waals surface area contributed by atoms with Gasteiger partial charge in [0.05, 0.1) is 13.0 Å². The Kier molecular flexibility index (Phi) is 5.72. The Hall–Kier alpha value is -3.23. The largest absolute Gasteiger partial charge is 0.493 e. The number of esters is 1. The molecule has 0 fully saturated rings. The number of nitrogens with one attached hydrogen (secondary N) is 1. The summed E-state index contributed by atoms with van der Waals surface area (Å²) in [7, 11) is 1.29. The molecule has 0 radical (unpaired) electrons. The van der Waals surface area contributed by atoms with Crippen LogP contribution in [-0.4, -0.2) is 25.6 Å². The number of amides is 1. The monoisotopic (exact) mass is 395 g/mol. The van der Waals surface area contributed by atoms with Crippen LogP contribution in [0.4, 0.5) is 18.9 Å². The lowest BCUT2D eigenvalue weighted by molar-refractivity contribution is -0.148. The quantitative estimate of drug-likeness (QED) is 0.757. The van der Waals surface area contributed by atoms with Crippen molar-refractivity contribution in [3.8, 4) is 11.5 Å². The average Bonchev–Trinajstić information content (AvgIpc) is 2.65. The molecule has 0 saturated carbocycles. The summed E-state index contributed by atoms with van der Waals surface area (Å²) in [6.45, 7) is -3.17. The first kappa shape index (κ1) is 19.5. The highest BCUT2D eigenvalue weighted by Gasteiger charge is 2.32. The van der Waals surface area contributed by atoms with E-state index >= 15 is 0 Å². The van der Waals surface area contributed by atoms with Crippen LogP contribution in [0.1, 0.15) is 23.5 Å².